The predicted molar refractivity (Wildman–Crippen MR) is 206 cm³/mol. The molecule has 1 N–H and O–H groups in total. The molecule has 5 aromatic rings. The lowest BCUT2D eigenvalue weighted by molar-refractivity contribution is -0.150. The smallest absolute Gasteiger partial charge is 0.264 e. The van der Waals surface area contributed by atoms with Crippen molar-refractivity contribution in [3.63, 3.8) is 0 Å². The van der Waals surface area contributed by atoms with Crippen molar-refractivity contribution in [1.29, 1.82) is 0 Å². The number of carbonyl (C=O) groups excluding carboxylic acids is 3. The average molecular weight is 728 g/mol. The van der Waals surface area contributed by atoms with Crippen LogP contribution in [0.3, 0.4) is 0 Å². The fourth-order valence-electron chi connectivity index (χ4n) is 9.02. The van der Waals surface area contributed by atoms with Gasteiger partial charge in [-0.05, 0) is 59.9 Å². The molecule has 53 heavy (non-hydrogen) atoms. The van der Waals surface area contributed by atoms with Crippen LogP contribution in [0.2, 0.25) is 18.6 Å². The van der Waals surface area contributed by atoms with E-state index < -0.39 is 31.6 Å². The van der Waals surface area contributed by atoms with Gasteiger partial charge in [-0.3, -0.25) is 19.3 Å². The van der Waals surface area contributed by atoms with Crippen LogP contribution in [-0.2, 0) is 33.0 Å². The molecule has 8 rings (SSSR count). The lowest BCUT2D eigenvalue weighted by Gasteiger charge is -2.31. The Kier molecular flexibility index (Phi) is 8.79. The van der Waals surface area contributed by atoms with Crippen LogP contribution in [-0.4, -0.2) is 55.4 Å². The van der Waals surface area contributed by atoms with Gasteiger partial charge in [0.2, 0.25) is 14.3 Å². The van der Waals surface area contributed by atoms with E-state index in [0.717, 1.165) is 27.6 Å². The van der Waals surface area contributed by atoms with E-state index in [9.17, 15) is 19.5 Å². The van der Waals surface area contributed by atoms with Crippen molar-refractivity contribution in [2.45, 2.75) is 56.8 Å². The average Bonchev–Trinajstić information content (AvgIpc) is 3.70. The zero-order valence-electron chi connectivity index (χ0n) is 30.0. The van der Waals surface area contributed by atoms with Crippen LogP contribution in [0.25, 0.3) is 10.8 Å². The molecular weight excluding hydrogens is 686 g/mol. The number of hydrogen-bond acceptors (Lipinski definition) is 5. The first-order chi connectivity index (χ1) is 25.5. The van der Waals surface area contributed by atoms with E-state index in [1.807, 2.05) is 122 Å². The third-order valence-corrected chi connectivity index (χ3v) is 13.7. The van der Waals surface area contributed by atoms with Crippen LogP contribution < -0.4 is 9.80 Å². The molecular formula is C43H42FN3O5Si. The monoisotopic (exact) mass is 727 g/mol. The number of anilines is 3. The minimum Gasteiger partial charge on any atom is -0.395 e. The number of ether oxygens (including phenoxy) is 1. The standard InChI is InChI=1S/C43H42FN3O5Si/c1-28-40(53(2,3)44)37(25-38(49)45(22-23-48)26-29-12-5-4-6-13-29)52-43(28)34-19-7-8-20-35(34)46(42(43)51)27-30-14-9-17-32(24-30)47-36-21-11-16-31-15-10-18-33(39(31)36)41(47)50/h4-21,24,28,37,40,48H,22-23,25-27H2,1-3H3/t28-,37+,40-,43+/m1/s1. The van der Waals surface area contributed by atoms with Gasteiger partial charge in [0.1, 0.15) is 0 Å². The lowest BCUT2D eigenvalue weighted by Crippen LogP contribution is -2.45. The summed E-state index contributed by atoms with van der Waals surface area (Å²) < 4.78 is 23.3. The van der Waals surface area contributed by atoms with Crippen molar-refractivity contribution in [2.24, 2.45) is 5.92 Å². The number of para-hydroxylation sites is 1. The number of carbonyl (C=O) groups is 3. The van der Waals surface area contributed by atoms with Crippen LogP contribution in [0, 0.1) is 5.92 Å². The van der Waals surface area contributed by atoms with Crippen molar-refractivity contribution in [2.75, 3.05) is 23.0 Å². The van der Waals surface area contributed by atoms with Crippen LogP contribution in [0.4, 0.5) is 21.2 Å². The zero-order valence-corrected chi connectivity index (χ0v) is 31.0. The van der Waals surface area contributed by atoms with Gasteiger partial charge in [-0.2, -0.15) is 0 Å². The molecule has 270 valence electrons. The Labute approximate surface area is 309 Å². The van der Waals surface area contributed by atoms with Crippen molar-refractivity contribution in [3.05, 3.63) is 138 Å². The Balaban J connectivity index is 1.10. The third-order valence-electron chi connectivity index (χ3n) is 11.2. The summed E-state index contributed by atoms with van der Waals surface area (Å²) in [6, 6.07) is 36.3. The molecule has 3 heterocycles. The summed E-state index contributed by atoms with van der Waals surface area (Å²) in [6.07, 6.45) is -0.951. The molecule has 8 nitrogen and oxygen atoms in total. The molecule has 0 aliphatic carbocycles. The van der Waals surface area contributed by atoms with Gasteiger partial charge >= 0.3 is 0 Å². The summed E-state index contributed by atoms with van der Waals surface area (Å²) in [6.45, 7) is 5.54. The number of amides is 3. The third kappa shape index (κ3) is 5.76. The number of aliphatic hydroxyl groups is 1. The van der Waals surface area contributed by atoms with Crippen LogP contribution in [0.15, 0.2) is 115 Å². The lowest BCUT2D eigenvalue weighted by atomic mass is 9.82. The first-order valence-electron chi connectivity index (χ1n) is 18.2. The highest BCUT2D eigenvalue weighted by Gasteiger charge is 2.67. The van der Waals surface area contributed by atoms with Gasteiger partial charge in [0.05, 0.1) is 42.6 Å². The second-order valence-corrected chi connectivity index (χ2v) is 18.7. The molecule has 3 aliphatic rings. The van der Waals surface area contributed by atoms with Gasteiger partial charge in [-0.1, -0.05) is 91.9 Å². The van der Waals surface area contributed by atoms with E-state index in [2.05, 4.69) is 0 Å². The maximum absolute atomic E-state index is 16.5. The highest BCUT2D eigenvalue weighted by Crippen LogP contribution is 2.60. The molecule has 1 saturated heterocycles. The first-order valence-corrected chi connectivity index (χ1v) is 21.1. The number of nitrogens with zero attached hydrogens (tertiary/aromatic N) is 3. The minimum atomic E-state index is -3.51. The molecule has 5 aromatic carbocycles. The number of aliphatic hydroxyl groups excluding tert-OH is 1. The molecule has 1 fully saturated rings. The number of rotatable bonds is 10. The molecule has 0 radical (unpaired) electrons. The van der Waals surface area contributed by atoms with Crippen molar-refractivity contribution in [1.82, 2.24) is 4.90 Å². The molecule has 0 saturated carbocycles. The Morgan fingerprint density at radius 3 is 2.32 bits per heavy atom. The van der Waals surface area contributed by atoms with Gasteiger partial charge in [-0.15, -0.1) is 0 Å². The van der Waals surface area contributed by atoms with Crippen molar-refractivity contribution < 1.29 is 28.3 Å². The Morgan fingerprint density at radius 2 is 1.57 bits per heavy atom. The van der Waals surface area contributed by atoms with E-state index in [0.29, 0.717) is 29.0 Å². The van der Waals surface area contributed by atoms with E-state index in [1.54, 1.807) is 27.8 Å². The summed E-state index contributed by atoms with van der Waals surface area (Å²) in [5, 5.41) is 11.7. The van der Waals surface area contributed by atoms with E-state index in [-0.39, 0.29) is 43.8 Å². The Hall–Kier alpha value is -5.16. The summed E-state index contributed by atoms with van der Waals surface area (Å²) in [5.41, 5.74) is 3.12. The topological polar surface area (TPSA) is 90.4 Å². The Morgan fingerprint density at radius 1 is 0.887 bits per heavy atom. The first kappa shape index (κ1) is 34.9. The second-order valence-electron chi connectivity index (χ2n) is 14.9. The van der Waals surface area contributed by atoms with Crippen LogP contribution in [0.5, 0.6) is 0 Å². The molecule has 0 unspecified atom stereocenters. The molecule has 3 amide bonds. The summed E-state index contributed by atoms with van der Waals surface area (Å²) in [7, 11) is -3.51. The normalized spacial score (nSPS) is 21.9. The number of halogens is 1. The summed E-state index contributed by atoms with van der Waals surface area (Å²) >= 11 is 0. The summed E-state index contributed by atoms with van der Waals surface area (Å²) in [5.74, 6) is -1.21. The minimum absolute atomic E-state index is 0.102. The van der Waals surface area contributed by atoms with Gasteiger partial charge in [0, 0.05) is 41.2 Å². The van der Waals surface area contributed by atoms with Crippen LogP contribution >= 0.6 is 0 Å². The van der Waals surface area contributed by atoms with Gasteiger partial charge in [0.15, 0.2) is 5.60 Å². The largest absolute Gasteiger partial charge is 0.395 e. The number of hydrogen-bond donors (Lipinski definition) is 1. The SMILES string of the molecule is C[C@@H]1[C@@H]([Si](C)(C)F)[C@H](CC(=O)N(CCO)Cc2ccccc2)O[C@@]12C(=O)N(Cc1cccc(N3C(=O)c4cccc5cccc3c45)c1)c1ccccc12. The molecule has 1 spiro atoms. The quantitative estimate of drug-likeness (QED) is 0.117. The Bertz CT molecular complexity index is 2240. The summed E-state index contributed by atoms with van der Waals surface area (Å²) in [4.78, 5) is 47.6. The van der Waals surface area contributed by atoms with Gasteiger partial charge < -0.3 is 23.8 Å². The maximum atomic E-state index is 16.5. The molecule has 0 bridgehead atoms. The van der Waals surface area contributed by atoms with Gasteiger partial charge in [-0.25, -0.2) is 0 Å². The highest BCUT2D eigenvalue weighted by atomic mass is 28.4. The molecule has 4 atom stereocenters. The van der Waals surface area contributed by atoms with E-state index >= 15 is 4.11 Å². The van der Waals surface area contributed by atoms with Crippen molar-refractivity contribution >= 4 is 54.0 Å². The predicted octanol–water partition coefficient (Wildman–Crippen LogP) is 7.86. The highest BCUT2D eigenvalue weighted by molar-refractivity contribution is 6.72. The molecule has 10 heteroatoms. The fraction of sp³-hybridized carbons (Fsp3) is 0.279. The fourth-order valence-corrected chi connectivity index (χ4v) is 11.5. The van der Waals surface area contributed by atoms with Crippen molar-refractivity contribution in [3.8, 4) is 0 Å². The van der Waals surface area contributed by atoms with Gasteiger partial charge in [0.25, 0.3) is 11.8 Å². The van der Waals surface area contributed by atoms with E-state index in [1.165, 1.54) is 0 Å². The second kappa shape index (κ2) is 13.4. The molecule has 3 aliphatic heterocycles. The van der Waals surface area contributed by atoms with Crippen LogP contribution in [0.1, 0.15) is 40.4 Å². The number of benzene rings is 5. The molecule has 0 aromatic heterocycles. The maximum Gasteiger partial charge on any atom is 0.264 e. The zero-order chi connectivity index (χ0) is 37.1. The van der Waals surface area contributed by atoms with E-state index in [4.69, 9.17) is 4.74 Å². The number of fused-ring (bicyclic) bond motifs is 2.